The van der Waals surface area contributed by atoms with Gasteiger partial charge in [0.1, 0.15) is 18.2 Å². The van der Waals surface area contributed by atoms with E-state index >= 15 is 0 Å². The fourth-order valence-electron chi connectivity index (χ4n) is 1.99. The van der Waals surface area contributed by atoms with Crippen molar-refractivity contribution in [3.63, 3.8) is 0 Å². The maximum atomic E-state index is 13.1. The Labute approximate surface area is 121 Å². The first kappa shape index (κ1) is 14.7. The molecule has 0 N–H and O–H groups in total. The lowest BCUT2D eigenvalue weighted by Gasteiger charge is -2.19. The number of nitriles is 1. The Balaban J connectivity index is 2.21. The lowest BCUT2D eigenvalue weighted by molar-refractivity contribution is -0.117. The second-order valence-electron chi connectivity index (χ2n) is 4.43. The van der Waals surface area contributed by atoms with Crippen LogP contribution in [0.15, 0.2) is 48.5 Å². The molecule has 21 heavy (non-hydrogen) atoms. The van der Waals surface area contributed by atoms with Gasteiger partial charge in [-0.05, 0) is 29.8 Å². The molecule has 0 heterocycles. The number of rotatable bonds is 4. The third kappa shape index (κ3) is 3.86. The SMILES string of the molecule is N#CCN(C(=O)Cc1cc(F)cc(F)c1)c1ccccc1. The highest BCUT2D eigenvalue weighted by atomic mass is 19.1. The van der Waals surface area contributed by atoms with E-state index in [0.29, 0.717) is 5.69 Å². The molecule has 5 heteroatoms. The molecule has 106 valence electrons. The van der Waals surface area contributed by atoms with Gasteiger partial charge in [0.15, 0.2) is 0 Å². The zero-order valence-electron chi connectivity index (χ0n) is 11.1. The summed E-state index contributed by atoms with van der Waals surface area (Å²) in [6, 6.07) is 13.5. The second kappa shape index (κ2) is 6.62. The highest BCUT2D eigenvalue weighted by molar-refractivity contribution is 5.95. The van der Waals surface area contributed by atoms with Gasteiger partial charge in [0.05, 0.1) is 12.5 Å². The van der Waals surface area contributed by atoms with E-state index < -0.39 is 17.5 Å². The number of amides is 1. The number of nitrogens with zero attached hydrogens (tertiary/aromatic N) is 2. The van der Waals surface area contributed by atoms with Crippen molar-refractivity contribution in [2.24, 2.45) is 0 Å². The first-order chi connectivity index (χ1) is 10.1. The molecule has 0 radical (unpaired) electrons. The van der Waals surface area contributed by atoms with E-state index in [9.17, 15) is 13.6 Å². The molecule has 0 bridgehead atoms. The highest BCUT2D eigenvalue weighted by Gasteiger charge is 2.16. The number of halogens is 2. The van der Waals surface area contributed by atoms with Gasteiger partial charge in [-0.3, -0.25) is 9.69 Å². The number of hydrogen-bond acceptors (Lipinski definition) is 2. The van der Waals surface area contributed by atoms with Crippen molar-refractivity contribution < 1.29 is 13.6 Å². The van der Waals surface area contributed by atoms with E-state index in [4.69, 9.17) is 5.26 Å². The molecule has 3 nitrogen and oxygen atoms in total. The molecule has 0 aliphatic carbocycles. The summed E-state index contributed by atoms with van der Waals surface area (Å²) in [5, 5.41) is 8.84. The molecule has 0 fully saturated rings. The summed E-state index contributed by atoms with van der Waals surface area (Å²) >= 11 is 0. The number of anilines is 1. The van der Waals surface area contributed by atoms with Crippen molar-refractivity contribution in [2.45, 2.75) is 6.42 Å². The van der Waals surface area contributed by atoms with Gasteiger partial charge in [0.25, 0.3) is 0 Å². The van der Waals surface area contributed by atoms with E-state index in [0.717, 1.165) is 18.2 Å². The van der Waals surface area contributed by atoms with Crippen LogP contribution in [0.25, 0.3) is 0 Å². The van der Waals surface area contributed by atoms with Crippen LogP contribution in [0.5, 0.6) is 0 Å². The van der Waals surface area contributed by atoms with Crippen LogP contribution in [0.4, 0.5) is 14.5 Å². The van der Waals surface area contributed by atoms with Gasteiger partial charge in [-0.25, -0.2) is 8.78 Å². The number of carbonyl (C=O) groups is 1. The van der Waals surface area contributed by atoms with Crippen molar-refractivity contribution in [1.29, 1.82) is 5.26 Å². The average Bonchev–Trinajstić information content (AvgIpc) is 2.44. The quantitative estimate of drug-likeness (QED) is 0.811. The topological polar surface area (TPSA) is 44.1 Å². The minimum absolute atomic E-state index is 0.124. The van der Waals surface area contributed by atoms with Crippen LogP contribution in [0.1, 0.15) is 5.56 Å². The second-order valence-corrected chi connectivity index (χ2v) is 4.43. The summed E-state index contributed by atoms with van der Waals surface area (Å²) in [4.78, 5) is 13.5. The highest BCUT2D eigenvalue weighted by Crippen LogP contribution is 2.16. The molecule has 0 spiro atoms. The Kier molecular flexibility index (Phi) is 4.62. The van der Waals surface area contributed by atoms with Gasteiger partial charge in [-0.15, -0.1) is 0 Å². The third-order valence-electron chi connectivity index (χ3n) is 2.88. The average molecular weight is 286 g/mol. The van der Waals surface area contributed by atoms with Crippen LogP contribution in [-0.4, -0.2) is 12.5 Å². The molecule has 2 aromatic rings. The van der Waals surface area contributed by atoms with E-state index in [2.05, 4.69) is 0 Å². The Morgan fingerprint density at radius 3 is 2.29 bits per heavy atom. The standard InChI is InChI=1S/C16H12F2N2O/c17-13-8-12(9-14(18)11-13)10-16(21)20(7-6-19)15-4-2-1-3-5-15/h1-5,8-9,11H,7,10H2. The predicted octanol–water partition coefficient (Wildman–Crippen LogP) is 3.06. The Bertz CT molecular complexity index is 660. The number of hydrogen-bond donors (Lipinski definition) is 0. The van der Waals surface area contributed by atoms with E-state index in [-0.39, 0.29) is 18.5 Å². The van der Waals surface area contributed by atoms with Gasteiger partial charge in [-0.2, -0.15) is 5.26 Å². The summed E-state index contributed by atoms with van der Waals surface area (Å²) in [6.07, 6.45) is -0.175. The summed E-state index contributed by atoms with van der Waals surface area (Å²) in [5.41, 5.74) is 0.803. The summed E-state index contributed by atoms with van der Waals surface area (Å²) in [7, 11) is 0. The molecule has 1 amide bonds. The van der Waals surface area contributed by atoms with Crippen LogP contribution in [0, 0.1) is 23.0 Å². The molecule has 0 aliphatic heterocycles. The summed E-state index contributed by atoms with van der Waals surface area (Å²) < 4.78 is 26.3. The Morgan fingerprint density at radius 2 is 1.71 bits per heavy atom. The van der Waals surface area contributed by atoms with Gasteiger partial charge >= 0.3 is 0 Å². The van der Waals surface area contributed by atoms with Gasteiger partial charge in [0.2, 0.25) is 5.91 Å². The molecular weight excluding hydrogens is 274 g/mol. The smallest absolute Gasteiger partial charge is 0.232 e. The van der Waals surface area contributed by atoms with Crippen molar-refractivity contribution >= 4 is 11.6 Å². The van der Waals surface area contributed by atoms with Gasteiger partial charge in [0, 0.05) is 11.8 Å². The lowest BCUT2D eigenvalue weighted by atomic mass is 10.1. The lowest BCUT2D eigenvalue weighted by Crippen LogP contribution is -2.32. The molecule has 0 saturated heterocycles. The molecule has 0 unspecified atom stereocenters. The van der Waals surface area contributed by atoms with Crippen molar-refractivity contribution in [3.8, 4) is 6.07 Å². The summed E-state index contributed by atoms with van der Waals surface area (Å²) in [6.45, 7) is -0.124. The maximum absolute atomic E-state index is 13.1. The van der Waals surface area contributed by atoms with Gasteiger partial charge < -0.3 is 0 Å². The Morgan fingerprint density at radius 1 is 1.10 bits per heavy atom. The molecule has 2 aromatic carbocycles. The van der Waals surface area contributed by atoms with Crippen molar-refractivity contribution in [2.75, 3.05) is 11.4 Å². The minimum Gasteiger partial charge on any atom is -0.298 e. The molecule has 0 aromatic heterocycles. The number of para-hydroxylation sites is 1. The van der Waals surface area contributed by atoms with E-state index in [1.54, 1.807) is 30.3 Å². The third-order valence-corrected chi connectivity index (χ3v) is 2.88. The predicted molar refractivity (Wildman–Crippen MR) is 74.5 cm³/mol. The number of carbonyl (C=O) groups excluding carboxylic acids is 1. The van der Waals surface area contributed by atoms with Crippen molar-refractivity contribution in [3.05, 3.63) is 65.7 Å². The van der Waals surface area contributed by atoms with E-state index in [1.807, 2.05) is 6.07 Å². The fourth-order valence-corrected chi connectivity index (χ4v) is 1.99. The van der Waals surface area contributed by atoms with Crippen LogP contribution >= 0.6 is 0 Å². The maximum Gasteiger partial charge on any atom is 0.232 e. The Hall–Kier alpha value is -2.74. The van der Waals surface area contributed by atoms with Crippen LogP contribution < -0.4 is 4.90 Å². The van der Waals surface area contributed by atoms with Crippen LogP contribution in [-0.2, 0) is 11.2 Å². The largest absolute Gasteiger partial charge is 0.298 e. The number of benzene rings is 2. The fraction of sp³-hybridized carbons (Fsp3) is 0.125. The van der Waals surface area contributed by atoms with Crippen LogP contribution in [0.2, 0.25) is 0 Å². The molecule has 0 atom stereocenters. The minimum atomic E-state index is -0.732. The monoisotopic (exact) mass is 286 g/mol. The molecular formula is C16H12F2N2O. The zero-order chi connectivity index (χ0) is 15.2. The molecule has 2 rings (SSSR count). The van der Waals surface area contributed by atoms with E-state index in [1.165, 1.54) is 4.90 Å². The van der Waals surface area contributed by atoms with Crippen LogP contribution in [0.3, 0.4) is 0 Å². The first-order valence-electron chi connectivity index (χ1n) is 6.27. The summed E-state index contributed by atoms with van der Waals surface area (Å²) in [5.74, 6) is -1.86. The molecule has 0 saturated carbocycles. The van der Waals surface area contributed by atoms with Crippen molar-refractivity contribution in [1.82, 2.24) is 0 Å². The van der Waals surface area contributed by atoms with Gasteiger partial charge in [-0.1, -0.05) is 18.2 Å². The first-order valence-corrected chi connectivity index (χ1v) is 6.27. The zero-order valence-corrected chi connectivity index (χ0v) is 11.1. The molecule has 0 aliphatic rings. The normalized spacial score (nSPS) is 9.95.